The molecular weight excluding hydrogens is 231 g/mol. The second-order valence-electron chi connectivity index (χ2n) is 5.84. The molecule has 2 fully saturated rings. The van der Waals surface area contributed by atoms with E-state index in [-0.39, 0.29) is 5.82 Å². The van der Waals surface area contributed by atoms with Crippen LogP contribution in [0.15, 0.2) is 24.3 Å². The van der Waals surface area contributed by atoms with Crippen LogP contribution in [0, 0.1) is 23.1 Å². The van der Waals surface area contributed by atoms with E-state index < -0.39 is 11.4 Å². The zero-order valence-electron chi connectivity index (χ0n) is 10.2. The number of fused-ring (bicyclic) bond motifs is 2. The first-order valence-corrected chi connectivity index (χ1v) is 6.58. The predicted octanol–water partition coefficient (Wildman–Crippen LogP) is 3.26. The van der Waals surface area contributed by atoms with Crippen molar-refractivity contribution in [2.45, 2.75) is 32.1 Å². The summed E-state index contributed by atoms with van der Waals surface area (Å²) in [4.78, 5) is 11.7. The minimum atomic E-state index is -0.668. The van der Waals surface area contributed by atoms with E-state index in [9.17, 15) is 14.3 Å². The maximum absolute atomic E-state index is 12.9. The normalized spacial score (nSPS) is 33.8. The fourth-order valence-corrected chi connectivity index (χ4v) is 3.96. The van der Waals surface area contributed by atoms with Crippen LogP contribution in [0.2, 0.25) is 0 Å². The van der Waals surface area contributed by atoms with E-state index in [1.54, 1.807) is 12.1 Å². The number of hydrogen-bond donors (Lipinski definition) is 1. The molecule has 0 spiro atoms. The summed E-state index contributed by atoms with van der Waals surface area (Å²) in [6.45, 7) is 0. The third kappa shape index (κ3) is 1.73. The second-order valence-corrected chi connectivity index (χ2v) is 5.84. The molecule has 0 aliphatic heterocycles. The van der Waals surface area contributed by atoms with Crippen molar-refractivity contribution in [3.8, 4) is 0 Å². The lowest BCUT2D eigenvalue weighted by molar-refractivity contribution is -0.152. The van der Waals surface area contributed by atoms with Gasteiger partial charge in [0, 0.05) is 0 Å². The molecule has 1 aromatic carbocycles. The minimum absolute atomic E-state index is 0.268. The van der Waals surface area contributed by atoms with Gasteiger partial charge in [0.1, 0.15) is 5.82 Å². The molecule has 0 amide bonds. The van der Waals surface area contributed by atoms with Gasteiger partial charge in [-0.25, -0.2) is 4.39 Å². The van der Waals surface area contributed by atoms with Crippen molar-refractivity contribution in [3.05, 3.63) is 35.6 Å². The van der Waals surface area contributed by atoms with Gasteiger partial charge in [0.15, 0.2) is 0 Å². The van der Waals surface area contributed by atoms with E-state index in [0.717, 1.165) is 24.8 Å². The van der Waals surface area contributed by atoms with Crippen LogP contribution >= 0.6 is 0 Å². The molecule has 3 rings (SSSR count). The van der Waals surface area contributed by atoms with E-state index >= 15 is 0 Å². The van der Waals surface area contributed by atoms with Crippen molar-refractivity contribution < 1.29 is 14.3 Å². The van der Waals surface area contributed by atoms with Gasteiger partial charge in [-0.15, -0.1) is 0 Å². The van der Waals surface area contributed by atoms with Crippen LogP contribution in [0.4, 0.5) is 4.39 Å². The largest absolute Gasteiger partial charge is 0.481 e. The van der Waals surface area contributed by atoms with Crippen molar-refractivity contribution in [1.29, 1.82) is 0 Å². The van der Waals surface area contributed by atoms with Gasteiger partial charge in [0.25, 0.3) is 0 Å². The van der Waals surface area contributed by atoms with Crippen LogP contribution in [0.3, 0.4) is 0 Å². The first-order chi connectivity index (χ1) is 8.60. The van der Waals surface area contributed by atoms with Gasteiger partial charge < -0.3 is 5.11 Å². The molecule has 0 heterocycles. The Morgan fingerprint density at radius 1 is 1.33 bits per heavy atom. The van der Waals surface area contributed by atoms with Gasteiger partial charge in [-0.05, 0) is 55.2 Å². The fourth-order valence-electron chi connectivity index (χ4n) is 3.96. The molecule has 1 N–H and O–H groups in total. The first-order valence-electron chi connectivity index (χ1n) is 6.58. The molecule has 0 saturated heterocycles. The monoisotopic (exact) mass is 248 g/mol. The molecule has 18 heavy (non-hydrogen) atoms. The number of halogens is 1. The number of carbonyl (C=O) groups is 1. The van der Waals surface area contributed by atoms with Crippen molar-refractivity contribution >= 4 is 5.97 Å². The zero-order valence-corrected chi connectivity index (χ0v) is 10.2. The number of hydrogen-bond acceptors (Lipinski definition) is 1. The molecule has 0 radical (unpaired) electrons. The van der Waals surface area contributed by atoms with Gasteiger partial charge in [0.2, 0.25) is 0 Å². The van der Waals surface area contributed by atoms with E-state index in [4.69, 9.17) is 0 Å². The zero-order chi connectivity index (χ0) is 12.8. The van der Waals surface area contributed by atoms with Crippen molar-refractivity contribution in [3.63, 3.8) is 0 Å². The Balaban J connectivity index is 1.88. The average Bonchev–Trinajstić information content (AvgIpc) is 2.93. The number of rotatable bonds is 3. The number of aliphatic carboxylic acids is 1. The highest BCUT2D eigenvalue weighted by Gasteiger charge is 2.55. The number of carboxylic acids is 1. The first kappa shape index (κ1) is 11.7. The molecule has 2 saturated carbocycles. The van der Waals surface area contributed by atoms with E-state index in [1.807, 2.05) is 0 Å². The van der Waals surface area contributed by atoms with E-state index in [1.165, 1.54) is 18.6 Å². The molecular formula is C15H17FO2. The molecule has 2 nitrogen and oxygen atoms in total. The molecule has 96 valence electrons. The molecule has 1 aromatic rings. The standard InChI is InChI=1S/C15H17FO2/c16-13-5-2-10(3-6-13)8-15(14(17)18)9-11-1-4-12(15)7-11/h2-3,5-6,11-12H,1,4,7-9H2,(H,17,18). The summed E-state index contributed by atoms with van der Waals surface area (Å²) in [5, 5.41) is 9.63. The number of benzene rings is 1. The molecule has 2 bridgehead atoms. The Bertz CT molecular complexity index is 468. The highest BCUT2D eigenvalue weighted by Crippen LogP contribution is 2.57. The SMILES string of the molecule is O=C(O)C1(Cc2ccc(F)cc2)CC2CCC1C2. The molecule has 3 atom stereocenters. The predicted molar refractivity (Wildman–Crippen MR) is 65.6 cm³/mol. The summed E-state index contributed by atoms with van der Waals surface area (Å²) in [6.07, 6.45) is 4.63. The highest BCUT2D eigenvalue weighted by molar-refractivity contribution is 5.76. The van der Waals surface area contributed by atoms with Crippen molar-refractivity contribution in [2.75, 3.05) is 0 Å². The van der Waals surface area contributed by atoms with Gasteiger partial charge in [0.05, 0.1) is 5.41 Å². The van der Waals surface area contributed by atoms with Gasteiger partial charge in [-0.2, -0.15) is 0 Å². The van der Waals surface area contributed by atoms with Crippen LogP contribution in [-0.2, 0) is 11.2 Å². The van der Waals surface area contributed by atoms with Crippen LogP contribution in [-0.4, -0.2) is 11.1 Å². The molecule has 2 aliphatic rings. The molecule has 3 heteroatoms. The Hall–Kier alpha value is -1.38. The van der Waals surface area contributed by atoms with Crippen LogP contribution in [0.5, 0.6) is 0 Å². The fraction of sp³-hybridized carbons (Fsp3) is 0.533. The Morgan fingerprint density at radius 3 is 2.56 bits per heavy atom. The van der Waals surface area contributed by atoms with Crippen molar-refractivity contribution in [1.82, 2.24) is 0 Å². The summed E-state index contributed by atoms with van der Waals surface area (Å²) in [5.41, 5.74) is 0.340. The third-order valence-corrected chi connectivity index (χ3v) is 4.83. The Morgan fingerprint density at radius 2 is 2.06 bits per heavy atom. The Kier molecular flexibility index (Phi) is 2.65. The summed E-state index contributed by atoms with van der Waals surface area (Å²) >= 11 is 0. The molecule has 3 unspecified atom stereocenters. The molecule has 2 aliphatic carbocycles. The van der Waals surface area contributed by atoms with E-state index in [2.05, 4.69) is 0 Å². The minimum Gasteiger partial charge on any atom is -0.481 e. The number of carboxylic acid groups (broad SMARTS) is 1. The smallest absolute Gasteiger partial charge is 0.310 e. The lowest BCUT2D eigenvalue weighted by Crippen LogP contribution is -2.38. The lowest BCUT2D eigenvalue weighted by atomic mass is 9.69. The lowest BCUT2D eigenvalue weighted by Gasteiger charge is -2.33. The Labute approximate surface area is 106 Å². The van der Waals surface area contributed by atoms with Crippen molar-refractivity contribution in [2.24, 2.45) is 17.3 Å². The van der Waals surface area contributed by atoms with Crippen LogP contribution in [0.1, 0.15) is 31.2 Å². The van der Waals surface area contributed by atoms with Gasteiger partial charge in [-0.1, -0.05) is 18.6 Å². The third-order valence-electron chi connectivity index (χ3n) is 4.83. The highest BCUT2D eigenvalue weighted by atomic mass is 19.1. The van der Waals surface area contributed by atoms with Crippen LogP contribution in [0.25, 0.3) is 0 Å². The average molecular weight is 248 g/mol. The summed E-state index contributed by atoms with van der Waals surface area (Å²) in [7, 11) is 0. The van der Waals surface area contributed by atoms with Gasteiger partial charge >= 0.3 is 5.97 Å². The van der Waals surface area contributed by atoms with Gasteiger partial charge in [-0.3, -0.25) is 4.79 Å². The topological polar surface area (TPSA) is 37.3 Å². The summed E-state index contributed by atoms with van der Waals surface area (Å²) < 4.78 is 12.9. The van der Waals surface area contributed by atoms with Crippen LogP contribution < -0.4 is 0 Å². The maximum Gasteiger partial charge on any atom is 0.310 e. The quantitative estimate of drug-likeness (QED) is 0.891. The second kappa shape index (κ2) is 4.08. The van der Waals surface area contributed by atoms with E-state index in [0.29, 0.717) is 18.3 Å². The summed E-state index contributed by atoms with van der Waals surface area (Å²) in [6, 6.07) is 6.26. The maximum atomic E-state index is 12.9. The molecule has 0 aromatic heterocycles. The summed E-state index contributed by atoms with van der Waals surface area (Å²) in [5.74, 6) is -0.0355.